The van der Waals surface area contributed by atoms with Crippen LogP contribution in [0.2, 0.25) is 0 Å². The molecule has 1 heterocycles. The van der Waals surface area contributed by atoms with E-state index >= 15 is 0 Å². The second-order valence-electron chi connectivity index (χ2n) is 3.73. The molecule has 0 radical (unpaired) electrons. The van der Waals surface area contributed by atoms with Crippen molar-refractivity contribution in [2.45, 2.75) is 6.42 Å². The fraction of sp³-hybridized carbons (Fsp3) is 0.417. The lowest BCUT2D eigenvalue weighted by Crippen LogP contribution is -2.24. The van der Waals surface area contributed by atoms with E-state index in [9.17, 15) is 0 Å². The van der Waals surface area contributed by atoms with Gasteiger partial charge in [-0.1, -0.05) is 12.1 Å². The van der Waals surface area contributed by atoms with Gasteiger partial charge in [-0.2, -0.15) is 0 Å². The standard InChI is InChI=1S/C12H17N3O/c13-6-5-10-1-3-11(4-2-10)16-9-12-14-7-8-15-12/h1-4H,5-9,13H2,(H,14,15). The lowest BCUT2D eigenvalue weighted by atomic mass is 10.1. The van der Waals surface area contributed by atoms with Crippen LogP contribution < -0.4 is 15.8 Å². The number of nitrogens with two attached hydrogens (primary N) is 1. The lowest BCUT2D eigenvalue weighted by molar-refractivity contribution is 0.373. The van der Waals surface area contributed by atoms with Crippen molar-refractivity contribution in [2.24, 2.45) is 10.7 Å². The average Bonchev–Trinajstić information content (AvgIpc) is 2.82. The van der Waals surface area contributed by atoms with Gasteiger partial charge in [-0.05, 0) is 30.7 Å². The number of nitrogens with one attached hydrogen (secondary N) is 1. The smallest absolute Gasteiger partial charge is 0.145 e. The normalized spacial score (nSPS) is 14.4. The van der Waals surface area contributed by atoms with E-state index in [1.54, 1.807) is 0 Å². The lowest BCUT2D eigenvalue weighted by Gasteiger charge is -2.07. The van der Waals surface area contributed by atoms with Crippen LogP contribution in [0.1, 0.15) is 5.56 Å². The predicted octanol–water partition coefficient (Wildman–Crippen LogP) is 0.568. The van der Waals surface area contributed by atoms with Crippen LogP contribution >= 0.6 is 0 Å². The van der Waals surface area contributed by atoms with Gasteiger partial charge >= 0.3 is 0 Å². The highest BCUT2D eigenvalue weighted by Gasteiger charge is 2.05. The van der Waals surface area contributed by atoms with E-state index in [0.29, 0.717) is 13.2 Å². The molecule has 0 bridgehead atoms. The minimum absolute atomic E-state index is 0.524. The Bertz CT molecular complexity index is 359. The summed E-state index contributed by atoms with van der Waals surface area (Å²) in [4.78, 5) is 4.26. The number of rotatable bonds is 5. The molecule has 1 aliphatic rings. The van der Waals surface area contributed by atoms with E-state index in [-0.39, 0.29) is 0 Å². The number of nitrogens with zero attached hydrogens (tertiary/aromatic N) is 1. The minimum atomic E-state index is 0.524. The summed E-state index contributed by atoms with van der Waals surface area (Å²) in [6, 6.07) is 8.04. The molecule has 0 unspecified atom stereocenters. The van der Waals surface area contributed by atoms with Gasteiger partial charge in [0.05, 0.1) is 6.54 Å². The molecule has 2 rings (SSSR count). The van der Waals surface area contributed by atoms with Crippen LogP contribution in [0.4, 0.5) is 0 Å². The van der Waals surface area contributed by atoms with Crippen LogP contribution in [0.25, 0.3) is 0 Å². The number of benzene rings is 1. The summed E-state index contributed by atoms with van der Waals surface area (Å²) in [5.74, 6) is 1.81. The van der Waals surface area contributed by atoms with Gasteiger partial charge in [0.2, 0.25) is 0 Å². The fourth-order valence-corrected chi connectivity index (χ4v) is 1.61. The van der Waals surface area contributed by atoms with E-state index in [1.807, 2.05) is 24.3 Å². The first-order valence-corrected chi connectivity index (χ1v) is 5.57. The van der Waals surface area contributed by atoms with Gasteiger partial charge in [-0.15, -0.1) is 0 Å². The molecular weight excluding hydrogens is 202 g/mol. The molecule has 16 heavy (non-hydrogen) atoms. The molecule has 0 aliphatic carbocycles. The summed E-state index contributed by atoms with van der Waals surface area (Å²) in [5.41, 5.74) is 6.73. The summed E-state index contributed by atoms with van der Waals surface area (Å²) in [6.45, 7) is 2.99. The van der Waals surface area contributed by atoms with E-state index in [4.69, 9.17) is 10.5 Å². The zero-order valence-corrected chi connectivity index (χ0v) is 9.28. The molecule has 0 saturated carbocycles. The van der Waals surface area contributed by atoms with Gasteiger partial charge in [-0.3, -0.25) is 4.99 Å². The Morgan fingerprint density at radius 3 is 2.75 bits per heavy atom. The van der Waals surface area contributed by atoms with Crippen molar-refractivity contribution in [1.82, 2.24) is 5.32 Å². The third kappa shape index (κ3) is 2.97. The third-order valence-corrected chi connectivity index (χ3v) is 2.48. The first kappa shape index (κ1) is 11.0. The molecule has 4 heteroatoms. The molecule has 4 nitrogen and oxygen atoms in total. The first-order valence-electron chi connectivity index (χ1n) is 5.57. The Kier molecular flexibility index (Phi) is 3.77. The Morgan fingerprint density at radius 2 is 2.12 bits per heavy atom. The van der Waals surface area contributed by atoms with Crippen molar-refractivity contribution in [3.63, 3.8) is 0 Å². The highest BCUT2D eigenvalue weighted by molar-refractivity contribution is 5.84. The number of hydrogen-bond acceptors (Lipinski definition) is 4. The molecule has 86 valence electrons. The zero-order chi connectivity index (χ0) is 11.2. The Morgan fingerprint density at radius 1 is 1.31 bits per heavy atom. The summed E-state index contributed by atoms with van der Waals surface area (Å²) in [6.07, 6.45) is 0.911. The predicted molar refractivity (Wildman–Crippen MR) is 65.0 cm³/mol. The Labute approximate surface area is 95.5 Å². The number of aliphatic imine (C=N–C) groups is 1. The maximum atomic E-state index is 5.60. The molecule has 1 aliphatic heterocycles. The van der Waals surface area contributed by atoms with E-state index in [1.165, 1.54) is 5.56 Å². The van der Waals surface area contributed by atoms with E-state index in [0.717, 1.165) is 31.1 Å². The first-order chi connectivity index (χ1) is 7.88. The van der Waals surface area contributed by atoms with Crippen LogP contribution in [0, 0.1) is 0 Å². The van der Waals surface area contributed by atoms with Crippen molar-refractivity contribution < 1.29 is 4.74 Å². The molecular formula is C12H17N3O. The molecule has 0 atom stereocenters. The summed E-state index contributed by atoms with van der Waals surface area (Å²) < 4.78 is 5.60. The second kappa shape index (κ2) is 5.51. The third-order valence-electron chi connectivity index (χ3n) is 2.48. The van der Waals surface area contributed by atoms with Crippen molar-refractivity contribution >= 4 is 5.84 Å². The molecule has 0 spiro atoms. The maximum Gasteiger partial charge on any atom is 0.145 e. The number of amidine groups is 1. The van der Waals surface area contributed by atoms with Crippen LogP contribution in [0.15, 0.2) is 29.3 Å². The van der Waals surface area contributed by atoms with Gasteiger partial charge in [-0.25, -0.2) is 0 Å². The second-order valence-corrected chi connectivity index (χ2v) is 3.73. The molecule has 1 aromatic carbocycles. The molecule has 1 aromatic rings. The van der Waals surface area contributed by atoms with Crippen LogP contribution in [-0.4, -0.2) is 32.1 Å². The summed E-state index contributed by atoms with van der Waals surface area (Å²) in [5, 5.41) is 3.17. The monoisotopic (exact) mass is 219 g/mol. The van der Waals surface area contributed by atoms with Crippen molar-refractivity contribution in [2.75, 3.05) is 26.2 Å². The molecule has 0 saturated heterocycles. The number of ether oxygens (including phenoxy) is 1. The molecule has 0 amide bonds. The highest BCUT2D eigenvalue weighted by Crippen LogP contribution is 2.12. The minimum Gasteiger partial charge on any atom is -0.486 e. The van der Waals surface area contributed by atoms with Crippen LogP contribution in [-0.2, 0) is 6.42 Å². The van der Waals surface area contributed by atoms with Crippen LogP contribution in [0.5, 0.6) is 5.75 Å². The average molecular weight is 219 g/mol. The summed E-state index contributed by atoms with van der Waals surface area (Å²) >= 11 is 0. The van der Waals surface area contributed by atoms with Gasteiger partial charge in [0.25, 0.3) is 0 Å². The quantitative estimate of drug-likeness (QED) is 0.761. The topological polar surface area (TPSA) is 59.6 Å². The van der Waals surface area contributed by atoms with Crippen molar-refractivity contribution in [1.29, 1.82) is 0 Å². The Balaban J connectivity index is 1.84. The van der Waals surface area contributed by atoms with Gasteiger partial charge in [0.1, 0.15) is 18.2 Å². The van der Waals surface area contributed by atoms with E-state index < -0.39 is 0 Å². The maximum absolute atomic E-state index is 5.60. The molecule has 0 aromatic heterocycles. The fourth-order valence-electron chi connectivity index (χ4n) is 1.61. The highest BCUT2D eigenvalue weighted by atomic mass is 16.5. The summed E-state index contributed by atoms with van der Waals surface area (Å²) in [7, 11) is 0. The van der Waals surface area contributed by atoms with Crippen molar-refractivity contribution in [3.8, 4) is 5.75 Å². The van der Waals surface area contributed by atoms with Gasteiger partial charge in [0.15, 0.2) is 0 Å². The van der Waals surface area contributed by atoms with Crippen LogP contribution in [0.3, 0.4) is 0 Å². The molecule has 0 fully saturated rings. The SMILES string of the molecule is NCCc1ccc(OCC2=NCCN2)cc1. The van der Waals surface area contributed by atoms with Gasteiger partial charge in [0, 0.05) is 6.54 Å². The van der Waals surface area contributed by atoms with Crippen molar-refractivity contribution in [3.05, 3.63) is 29.8 Å². The Hall–Kier alpha value is -1.55. The number of hydrogen-bond donors (Lipinski definition) is 2. The zero-order valence-electron chi connectivity index (χ0n) is 9.28. The molecule has 3 N–H and O–H groups in total. The largest absolute Gasteiger partial charge is 0.486 e. The van der Waals surface area contributed by atoms with E-state index in [2.05, 4.69) is 10.3 Å². The van der Waals surface area contributed by atoms with Gasteiger partial charge < -0.3 is 15.8 Å².